The maximum Gasteiger partial charge on any atom is 0.407 e. The molecule has 2 aromatic carbocycles. The second kappa shape index (κ2) is 10.6. The second-order valence-electron chi connectivity index (χ2n) is 8.01. The predicted octanol–water partition coefficient (Wildman–Crippen LogP) is 4.17. The van der Waals surface area contributed by atoms with E-state index in [4.69, 9.17) is 9.84 Å². The van der Waals surface area contributed by atoms with Gasteiger partial charge >= 0.3 is 18.2 Å². The smallest absolute Gasteiger partial charge is 0.407 e. The molecule has 0 unspecified atom stereocenters. The van der Waals surface area contributed by atoms with Crippen LogP contribution >= 0.6 is 0 Å². The molecular weight excluding hydrogens is 453 g/mol. The summed E-state index contributed by atoms with van der Waals surface area (Å²) in [4.78, 5) is 36.3. The Bertz CT molecular complexity index is 1010. The molecule has 0 spiro atoms. The van der Waals surface area contributed by atoms with Crippen molar-refractivity contribution in [3.63, 3.8) is 0 Å². The molecular formula is C24H25F3N2O5. The van der Waals surface area contributed by atoms with E-state index in [1.807, 2.05) is 48.5 Å². The van der Waals surface area contributed by atoms with Crippen LogP contribution in [-0.2, 0) is 14.3 Å². The molecule has 2 amide bonds. The Balaban J connectivity index is 1.69. The van der Waals surface area contributed by atoms with Crippen molar-refractivity contribution < 1.29 is 37.4 Å². The third-order valence-corrected chi connectivity index (χ3v) is 5.52. The first-order chi connectivity index (χ1) is 16.1. The minimum absolute atomic E-state index is 0.0248. The van der Waals surface area contributed by atoms with Gasteiger partial charge in [-0.15, -0.1) is 0 Å². The average Bonchev–Trinajstić information content (AvgIpc) is 3.09. The molecule has 0 saturated heterocycles. The molecule has 0 bridgehead atoms. The zero-order valence-corrected chi connectivity index (χ0v) is 18.5. The van der Waals surface area contributed by atoms with Crippen LogP contribution in [0.25, 0.3) is 11.1 Å². The number of carboxylic acids is 1. The van der Waals surface area contributed by atoms with Gasteiger partial charge in [-0.1, -0.05) is 61.9 Å². The summed E-state index contributed by atoms with van der Waals surface area (Å²) in [5.74, 6) is -2.95. The molecule has 0 aliphatic heterocycles. The van der Waals surface area contributed by atoms with Gasteiger partial charge in [0.25, 0.3) is 0 Å². The molecule has 0 saturated carbocycles. The maximum absolute atomic E-state index is 12.9. The van der Waals surface area contributed by atoms with Crippen LogP contribution in [0.5, 0.6) is 0 Å². The van der Waals surface area contributed by atoms with E-state index in [1.54, 1.807) is 6.92 Å². The van der Waals surface area contributed by atoms with Crippen LogP contribution in [0.3, 0.4) is 0 Å². The van der Waals surface area contributed by atoms with Crippen LogP contribution in [-0.4, -0.2) is 59.9 Å². The fraction of sp³-hybridized carbons (Fsp3) is 0.375. The van der Waals surface area contributed by atoms with Gasteiger partial charge in [-0.3, -0.25) is 9.59 Å². The number of halogens is 3. The van der Waals surface area contributed by atoms with Crippen molar-refractivity contribution in [2.24, 2.45) is 0 Å². The Hall–Kier alpha value is -3.56. The minimum atomic E-state index is -4.79. The van der Waals surface area contributed by atoms with Gasteiger partial charge in [-0.25, -0.2) is 4.79 Å². The summed E-state index contributed by atoms with van der Waals surface area (Å²) in [6.07, 6.45) is -5.36. The molecule has 0 fully saturated rings. The summed E-state index contributed by atoms with van der Waals surface area (Å²) in [6.45, 7) is -1.21. The van der Waals surface area contributed by atoms with E-state index in [0.717, 1.165) is 22.3 Å². The number of alkyl carbamates (subject to hydrolysis) is 1. The summed E-state index contributed by atoms with van der Waals surface area (Å²) in [7, 11) is 0. The average molecular weight is 478 g/mol. The molecule has 3 rings (SSSR count). The molecule has 2 aromatic rings. The topological polar surface area (TPSA) is 95.9 Å². The number of amides is 2. The lowest BCUT2D eigenvalue weighted by Crippen LogP contribution is -2.52. The van der Waals surface area contributed by atoms with Crippen LogP contribution in [0.2, 0.25) is 0 Å². The number of hydrogen-bond acceptors (Lipinski definition) is 4. The molecule has 34 heavy (non-hydrogen) atoms. The first kappa shape index (κ1) is 25.1. The lowest BCUT2D eigenvalue weighted by molar-refractivity contribution is -0.166. The van der Waals surface area contributed by atoms with E-state index in [1.165, 1.54) is 0 Å². The number of carboxylic acid groups (broad SMARTS) is 1. The summed E-state index contributed by atoms with van der Waals surface area (Å²) >= 11 is 0. The number of rotatable bonds is 9. The van der Waals surface area contributed by atoms with Gasteiger partial charge in [0.15, 0.2) is 0 Å². The molecule has 1 aliphatic carbocycles. The quantitative estimate of drug-likeness (QED) is 0.564. The highest BCUT2D eigenvalue weighted by molar-refractivity contribution is 5.88. The zero-order chi connectivity index (χ0) is 24.9. The van der Waals surface area contributed by atoms with Gasteiger partial charge in [-0.2, -0.15) is 13.2 Å². The summed E-state index contributed by atoms with van der Waals surface area (Å²) < 4.78 is 44.0. The van der Waals surface area contributed by atoms with Crippen molar-refractivity contribution in [2.45, 2.75) is 37.9 Å². The normalized spacial score (nSPS) is 13.5. The van der Waals surface area contributed by atoms with Crippen LogP contribution in [0.1, 0.15) is 36.8 Å². The van der Waals surface area contributed by atoms with Crippen molar-refractivity contribution in [1.29, 1.82) is 0 Å². The van der Waals surface area contributed by atoms with Crippen LogP contribution in [0.4, 0.5) is 18.0 Å². The largest absolute Gasteiger partial charge is 0.480 e. The number of alkyl halides is 3. The fourth-order valence-electron chi connectivity index (χ4n) is 4.14. The zero-order valence-electron chi connectivity index (χ0n) is 18.5. The third-order valence-electron chi connectivity index (χ3n) is 5.52. The summed E-state index contributed by atoms with van der Waals surface area (Å²) in [6, 6.07) is 14.1. The highest BCUT2D eigenvalue weighted by atomic mass is 19.4. The number of carbonyl (C=O) groups excluding carboxylic acids is 2. The highest BCUT2D eigenvalue weighted by Gasteiger charge is 2.37. The van der Waals surface area contributed by atoms with E-state index in [9.17, 15) is 27.6 Å². The Morgan fingerprint density at radius 3 is 2.12 bits per heavy atom. The molecule has 10 heteroatoms. The lowest BCUT2D eigenvalue weighted by Gasteiger charge is -2.27. The SMILES string of the molecule is CCC[C@@H](NC(=O)OCC1c2ccccc2-c2ccccc21)C(=O)N(CC(=O)O)CC(F)(F)F. The predicted molar refractivity (Wildman–Crippen MR) is 117 cm³/mol. The number of carbonyl (C=O) groups is 3. The molecule has 1 aliphatic rings. The van der Waals surface area contributed by atoms with Gasteiger partial charge in [0, 0.05) is 5.92 Å². The van der Waals surface area contributed by atoms with E-state index >= 15 is 0 Å². The molecule has 1 atom stereocenters. The van der Waals surface area contributed by atoms with Crippen molar-refractivity contribution in [3.05, 3.63) is 59.7 Å². The monoisotopic (exact) mass is 478 g/mol. The van der Waals surface area contributed by atoms with Crippen molar-refractivity contribution >= 4 is 18.0 Å². The Kier molecular flexibility index (Phi) is 7.80. The van der Waals surface area contributed by atoms with E-state index in [2.05, 4.69) is 5.32 Å². The summed E-state index contributed by atoms with van der Waals surface area (Å²) in [5.41, 5.74) is 4.02. The van der Waals surface area contributed by atoms with E-state index in [-0.39, 0.29) is 23.8 Å². The van der Waals surface area contributed by atoms with Crippen LogP contribution in [0, 0.1) is 0 Å². The van der Waals surface area contributed by atoms with E-state index < -0.39 is 43.3 Å². The molecule has 0 aromatic heterocycles. The number of aliphatic carboxylic acids is 1. The Morgan fingerprint density at radius 1 is 1.06 bits per heavy atom. The number of benzene rings is 2. The molecule has 2 N–H and O–H groups in total. The Labute approximate surface area is 194 Å². The number of nitrogens with one attached hydrogen (secondary N) is 1. The number of ether oxygens (including phenoxy) is 1. The molecule has 0 heterocycles. The lowest BCUT2D eigenvalue weighted by atomic mass is 9.98. The minimum Gasteiger partial charge on any atom is -0.480 e. The number of hydrogen-bond donors (Lipinski definition) is 2. The van der Waals surface area contributed by atoms with Crippen LogP contribution in [0.15, 0.2) is 48.5 Å². The second-order valence-corrected chi connectivity index (χ2v) is 8.01. The van der Waals surface area contributed by atoms with Gasteiger partial charge in [0.05, 0.1) is 0 Å². The van der Waals surface area contributed by atoms with Gasteiger partial charge < -0.3 is 20.1 Å². The van der Waals surface area contributed by atoms with Crippen molar-refractivity contribution in [1.82, 2.24) is 10.2 Å². The molecule has 7 nitrogen and oxygen atoms in total. The van der Waals surface area contributed by atoms with Crippen molar-refractivity contribution in [2.75, 3.05) is 19.7 Å². The molecule has 0 radical (unpaired) electrons. The fourth-order valence-corrected chi connectivity index (χ4v) is 4.14. The van der Waals surface area contributed by atoms with Gasteiger partial charge in [0.1, 0.15) is 25.7 Å². The number of nitrogens with zero attached hydrogens (tertiary/aromatic N) is 1. The molecule has 182 valence electrons. The van der Waals surface area contributed by atoms with Gasteiger partial charge in [-0.05, 0) is 28.7 Å². The van der Waals surface area contributed by atoms with Crippen LogP contribution < -0.4 is 5.32 Å². The summed E-state index contributed by atoms with van der Waals surface area (Å²) in [5, 5.41) is 11.2. The standard InChI is InChI=1S/C24H25F3N2O5/c1-2-7-20(22(32)29(12-21(30)31)14-24(25,26)27)28-23(33)34-13-19-17-10-5-3-8-15(17)16-9-4-6-11-18(16)19/h3-6,8-11,19-20H,2,7,12-14H2,1H3,(H,28,33)(H,30,31)/t20-/m1/s1. The van der Waals surface area contributed by atoms with E-state index in [0.29, 0.717) is 6.42 Å². The maximum atomic E-state index is 12.9. The third kappa shape index (κ3) is 6.06. The van der Waals surface area contributed by atoms with Gasteiger partial charge in [0.2, 0.25) is 5.91 Å². The van der Waals surface area contributed by atoms with Crippen molar-refractivity contribution in [3.8, 4) is 11.1 Å². The highest BCUT2D eigenvalue weighted by Crippen LogP contribution is 2.44. The first-order valence-corrected chi connectivity index (χ1v) is 10.8. The first-order valence-electron chi connectivity index (χ1n) is 10.8. The Morgan fingerprint density at radius 2 is 1.62 bits per heavy atom. The number of fused-ring (bicyclic) bond motifs is 3.